The molecule has 16 heavy (non-hydrogen) atoms. The topological polar surface area (TPSA) is 62.1 Å². The molecule has 5 heteroatoms. The third-order valence-corrected chi connectivity index (χ3v) is 2.42. The number of carbonyl (C=O) groups excluding carboxylic acids is 1. The average molecular weight is 228 g/mol. The van der Waals surface area contributed by atoms with Gasteiger partial charge in [-0.2, -0.15) is 0 Å². The van der Waals surface area contributed by atoms with Gasteiger partial charge in [-0.25, -0.2) is 4.79 Å². The van der Waals surface area contributed by atoms with Crippen LogP contribution < -0.4 is 0 Å². The van der Waals surface area contributed by atoms with Gasteiger partial charge in [0.15, 0.2) is 0 Å². The molecule has 1 saturated heterocycles. The molecule has 1 rings (SSSR count). The Balaban J connectivity index is 2.64. The van der Waals surface area contributed by atoms with Gasteiger partial charge in [0.2, 0.25) is 0 Å². The van der Waals surface area contributed by atoms with E-state index in [1.54, 1.807) is 4.90 Å². The maximum absolute atomic E-state index is 11.9. The first-order valence-corrected chi connectivity index (χ1v) is 5.61. The molecule has 1 heterocycles. The lowest BCUT2D eigenvalue weighted by molar-refractivity contribution is 0.0169. The van der Waals surface area contributed by atoms with E-state index in [0.29, 0.717) is 6.54 Å². The Kier molecular flexibility index (Phi) is 4.15. The Morgan fingerprint density at radius 3 is 2.75 bits per heavy atom. The molecule has 0 bridgehead atoms. The standard InChI is InChI=1S/C11H20N2O3/c1-11(2,3)16-10(14)13-7-5-4-6-9(13)8-12-15/h8-9,15H,4-7H2,1-3H3/t9-/m1/s1. The van der Waals surface area contributed by atoms with Gasteiger partial charge in [-0.05, 0) is 40.0 Å². The Labute approximate surface area is 96.1 Å². The molecule has 5 nitrogen and oxygen atoms in total. The van der Waals surface area contributed by atoms with Crippen LogP contribution in [0, 0.1) is 0 Å². The molecule has 0 aromatic heterocycles. The molecular weight excluding hydrogens is 208 g/mol. The van der Waals surface area contributed by atoms with Gasteiger partial charge in [-0.15, -0.1) is 0 Å². The lowest BCUT2D eigenvalue weighted by Gasteiger charge is -2.34. The van der Waals surface area contributed by atoms with E-state index in [2.05, 4.69) is 5.16 Å². The minimum atomic E-state index is -0.491. The van der Waals surface area contributed by atoms with E-state index in [0.717, 1.165) is 19.3 Å². The Bertz CT molecular complexity index is 271. The summed E-state index contributed by atoms with van der Waals surface area (Å²) in [5.41, 5.74) is -0.491. The van der Waals surface area contributed by atoms with Crippen LogP contribution in [0.1, 0.15) is 40.0 Å². The second-order valence-electron chi connectivity index (χ2n) is 5.00. The summed E-state index contributed by atoms with van der Waals surface area (Å²) in [5, 5.41) is 11.6. The molecule has 0 aromatic carbocycles. The molecule has 1 aliphatic heterocycles. The summed E-state index contributed by atoms with van der Waals surface area (Å²) >= 11 is 0. The third kappa shape index (κ3) is 3.72. The van der Waals surface area contributed by atoms with Gasteiger partial charge in [0.25, 0.3) is 0 Å². The molecule has 1 atom stereocenters. The van der Waals surface area contributed by atoms with E-state index < -0.39 is 5.60 Å². The summed E-state index contributed by atoms with van der Waals surface area (Å²) in [6.45, 7) is 6.17. The van der Waals surface area contributed by atoms with Crippen LogP contribution in [0.2, 0.25) is 0 Å². The maximum Gasteiger partial charge on any atom is 0.410 e. The number of likely N-dealkylation sites (tertiary alicyclic amines) is 1. The zero-order valence-electron chi connectivity index (χ0n) is 10.1. The number of hydrogen-bond donors (Lipinski definition) is 1. The first kappa shape index (κ1) is 12.8. The molecular formula is C11H20N2O3. The van der Waals surface area contributed by atoms with Crippen molar-refractivity contribution in [3.8, 4) is 0 Å². The van der Waals surface area contributed by atoms with Crippen molar-refractivity contribution in [3.05, 3.63) is 0 Å². The molecule has 1 fully saturated rings. The Hall–Kier alpha value is -1.26. The van der Waals surface area contributed by atoms with Crippen LogP contribution in [0.15, 0.2) is 5.16 Å². The minimum Gasteiger partial charge on any atom is -0.444 e. The highest BCUT2D eigenvalue weighted by Crippen LogP contribution is 2.19. The highest BCUT2D eigenvalue weighted by molar-refractivity contribution is 5.75. The molecule has 0 spiro atoms. The van der Waals surface area contributed by atoms with E-state index in [4.69, 9.17) is 9.94 Å². The fourth-order valence-corrected chi connectivity index (χ4v) is 1.74. The zero-order valence-corrected chi connectivity index (χ0v) is 10.1. The van der Waals surface area contributed by atoms with Crippen molar-refractivity contribution in [3.63, 3.8) is 0 Å². The number of nitrogens with zero attached hydrogens (tertiary/aromatic N) is 2. The van der Waals surface area contributed by atoms with Gasteiger partial charge in [-0.3, -0.25) is 0 Å². The third-order valence-electron chi connectivity index (χ3n) is 2.42. The van der Waals surface area contributed by atoms with E-state index in [9.17, 15) is 4.79 Å². The lowest BCUT2D eigenvalue weighted by atomic mass is 10.0. The second kappa shape index (κ2) is 5.18. The van der Waals surface area contributed by atoms with Crippen molar-refractivity contribution in [1.82, 2.24) is 4.90 Å². The number of piperidine rings is 1. The Morgan fingerprint density at radius 2 is 2.19 bits per heavy atom. The second-order valence-corrected chi connectivity index (χ2v) is 5.00. The number of carbonyl (C=O) groups is 1. The van der Waals surface area contributed by atoms with Gasteiger partial charge >= 0.3 is 6.09 Å². The number of ether oxygens (including phenoxy) is 1. The van der Waals surface area contributed by atoms with Crippen molar-refractivity contribution in [2.24, 2.45) is 5.16 Å². The van der Waals surface area contributed by atoms with Crippen molar-refractivity contribution in [2.45, 2.75) is 51.7 Å². The molecule has 0 saturated carbocycles. The van der Waals surface area contributed by atoms with Crippen LogP contribution in [0.3, 0.4) is 0 Å². The first-order valence-electron chi connectivity index (χ1n) is 5.61. The highest BCUT2D eigenvalue weighted by Gasteiger charge is 2.29. The van der Waals surface area contributed by atoms with Gasteiger partial charge in [0.05, 0.1) is 12.3 Å². The maximum atomic E-state index is 11.9. The predicted octanol–water partition coefficient (Wildman–Crippen LogP) is 2.24. The van der Waals surface area contributed by atoms with E-state index in [1.807, 2.05) is 20.8 Å². The Morgan fingerprint density at radius 1 is 1.50 bits per heavy atom. The van der Waals surface area contributed by atoms with Crippen LogP contribution in [-0.4, -0.2) is 40.6 Å². The number of hydrogen-bond acceptors (Lipinski definition) is 4. The van der Waals surface area contributed by atoms with Crippen LogP contribution in [0.25, 0.3) is 0 Å². The average Bonchev–Trinajstić information content (AvgIpc) is 2.16. The van der Waals surface area contributed by atoms with Crippen LogP contribution in [0.4, 0.5) is 4.79 Å². The lowest BCUT2D eigenvalue weighted by Crippen LogP contribution is -2.46. The highest BCUT2D eigenvalue weighted by atomic mass is 16.6. The molecule has 92 valence electrons. The summed E-state index contributed by atoms with van der Waals surface area (Å²) < 4.78 is 5.30. The summed E-state index contributed by atoms with van der Waals surface area (Å²) in [6, 6.07) is -0.145. The number of oxime groups is 1. The van der Waals surface area contributed by atoms with Crippen molar-refractivity contribution in [2.75, 3.05) is 6.54 Å². The predicted molar refractivity (Wildman–Crippen MR) is 60.9 cm³/mol. The number of amides is 1. The molecule has 0 aliphatic carbocycles. The van der Waals surface area contributed by atoms with Crippen molar-refractivity contribution < 1.29 is 14.7 Å². The largest absolute Gasteiger partial charge is 0.444 e. The monoisotopic (exact) mass is 228 g/mol. The zero-order chi connectivity index (χ0) is 12.2. The molecule has 1 amide bonds. The van der Waals surface area contributed by atoms with E-state index in [1.165, 1.54) is 6.21 Å². The quantitative estimate of drug-likeness (QED) is 0.425. The van der Waals surface area contributed by atoms with Gasteiger partial charge in [0.1, 0.15) is 5.60 Å². The van der Waals surface area contributed by atoms with E-state index in [-0.39, 0.29) is 12.1 Å². The molecule has 0 unspecified atom stereocenters. The summed E-state index contributed by atoms with van der Waals surface area (Å²) in [5.74, 6) is 0. The van der Waals surface area contributed by atoms with E-state index >= 15 is 0 Å². The SMILES string of the molecule is CC(C)(C)OC(=O)N1CCCC[C@@H]1C=NO. The fraction of sp³-hybridized carbons (Fsp3) is 0.818. The minimum absolute atomic E-state index is 0.145. The fourth-order valence-electron chi connectivity index (χ4n) is 1.74. The molecule has 1 N–H and O–H groups in total. The first-order chi connectivity index (χ1) is 7.44. The molecule has 0 aromatic rings. The van der Waals surface area contributed by atoms with Crippen molar-refractivity contribution in [1.29, 1.82) is 0 Å². The molecule has 0 radical (unpaired) electrons. The van der Waals surface area contributed by atoms with Crippen LogP contribution >= 0.6 is 0 Å². The van der Waals surface area contributed by atoms with Gasteiger partial charge in [-0.1, -0.05) is 5.16 Å². The van der Waals surface area contributed by atoms with Crippen LogP contribution in [-0.2, 0) is 4.74 Å². The number of rotatable bonds is 1. The summed E-state index contributed by atoms with van der Waals surface area (Å²) in [4.78, 5) is 13.5. The summed E-state index contributed by atoms with van der Waals surface area (Å²) in [6.07, 6.45) is 3.88. The van der Waals surface area contributed by atoms with Crippen LogP contribution in [0.5, 0.6) is 0 Å². The van der Waals surface area contributed by atoms with Crippen molar-refractivity contribution >= 4 is 12.3 Å². The normalized spacial score (nSPS) is 22.4. The van der Waals surface area contributed by atoms with Gasteiger partial charge < -0.3 is 14.8 Å². The smallest absolute Gasteiger partial charge is 0.410 e. The summed E-state index contributed by atoms with van der Waals surface area (Å²) in [7, 11) is 0. The molecule has 1 aliphatic rings. The van der Waals surface area contributed by atoms with Gasteiger partial charge in [0, 0.05) is 6.54 Å².